The SMILES string of the molecule is Cc1cc(C=O)ccc1-c1nnc(-c2ccccc2C(N)=O)s1. The number of nitrogens with two attached hydrogens (primary N) is 1. The lowest BCUT2D eigenvalue weighted by atomic mass is 10.1. The van der Waals surface area contributed by atoms with Crippen molar-refractivity contribution in [2.24, 2.45) is 5.73 Å². The fourth-order valence-electron chi connectivity index (χ4n) is 2.33. The van der Waals surface area contributed by atoms with Crippen LogP contribution < -0.4 is 5.73 Å². The molecule has 2 N–H and O–H groups in total. The summed E-state index contributed by atoms with van der Waals surface area (Å²) in [6.07, 6.45) is 0.811. The highest BCUT2D eigenvalue weighted by Crippen LogP contribution is 2.33. The molecule has 0 aliphatic carbocycles. The molecule has 6 heteroatoms. The van der Waals surface area contributed by atoms with Crippen LogP contribution in [0.3, 0.4) is 0 Å². The number of benzene rings is 2. The van der Waals surface area contributed by atoms with Crippen molar-refractivity contribution in [2.75, 3.05) is 0 Å². The molecule has 0 aliphatic rings. The van der Waals surface area contributed by atoms with Gasteiger partial charge in [-0.05, 0) is 24.6 Å². The Balaban J connectivity index is 2.05. The second-order valence-corrected chi connectivity index (χ2v) is 5.99. The van der Waals surface area contributed by atoms with Crippen LogP contribution in [0.4, 0.5) is 0 Å². The molecule has 1 aromatic heterocycles. The summed E-state index contributed by atoms with van der Waals surface area (Å²) < 4.78 is 0. The third kappa shape index (κ3) is 2.89. The van der Waals surface area contributed by atoms with Gasteiger partial charge in [-0.3, -0.25) is 9.59 Å². The normalized spacial score (nSPS) is 10.5. The number of aromatic nitrogens is 2. The van der Waals surface area contributed by atoms with Gasteiger partial charge in [-0.2, -0.15) is 0 Å². The second-order valence-electron chi connectivity index (χ2n) is 5.01. The first-order valence-corrected chi connectivity index (χ1v) is 7.70. The van der Waals surface area contributed by atoms with Gasteiger partial charge in [0.2, 0.25) is 5.91 Å². The predicted molar refractivity (Wildman–Crippen MR) is 89.4 cm³/mol. The minimum atomic E-state index is -0.496. The van der Waals surface area contributed by atoms with Crippen molar-refractivity contribution >= 4 is 23.5 Å². The van der Waals surface area contributed by atoms with Crippen LogP contribution in [0.25, 0.3) is 21.1 Å². The van der Waals surface area contributed by atoms with Crippen LogP contribution in [-0.2, 0) is 0 Å². The summed E-state index contributed by atoms with van der Waals surface area (Å²) in [5, 5.41) is 9.75. The summed E-state index contributed by atoms with van der Waals surface area (Å²) in [5.41, 5.74) is 8.98. The van der Waals surface area contributed by atoms with E-state index in [4.69, 9.17) is 5.73 Å². The zero-order chi connectivity index (χ0) is 16.4. The maximum atomic E-state index is 11.5. The average molecular weight is 323 g/mol. The molecule has 5 nitrogen and oxygen atoms in total. The summed E-state index contributed by atoms with van der Waals surface area (Å²) in [6, 6.07) is 12.5. The number of aryl methyl sites for hydroxylation is 1. The lowest BCUT2D eigenvalue weighted by Gasteiger charge is -2.02. The number of aldehydes is 1. The summed E-state index contributed by atoms with van der Waals surface area (Å²) in [4.78, 5) is 22.4. The van der Waals surface area contributed by atoms with Gasteiger partial charge in [-0.1, -0.05) is 41.7 Å². The molecule has 1 heterocycles. The van der Waals surface area contributed by atoms with Gasteiger partial charge < -0.3 is 5.73 Å². The molecule has 23 heavy (non-hydrogen) atoms. The van der Waals surface area contributed by atoms with Crippen LogP contribution in [0.15, 0.2) is 42.5 Å². The number of primary amides is 1. The lowest BCUT2D eigenvalue weighted by molar-refractivity contribution is 0.100. The van der Waals surface area contributed by atoms with Crippen LogP contribution in [-0.4, -0.2) is 22.4 Å². The molecular weight excluding hydrogens is 310 g/mol. The van der Waals surface area contributed by atoms with Crippen LogP contribution >= 0.6 is 11.3 Å². The highest BCUT2D eigenvalue weighted by Gasteiger charge is 2.15. The quantitative estimate of drug-likeness (QED) is 0.748. The molecule has 1 amide bonds. The van der Waals surface area contributed by atoms with Crippen LogP contribution in [0, 0.1) is 6.92 Å². The van der Waals surface area contributed by atoms with Crippen molar-refractivity contribution in [2.45, 2.75) is 6.92 Å². The Labute approximate surface area is 136 Å². The van der Waals surface area contributed by atoms with E-state index in [0.717, 1.165) is 22.4 Å². The van der Waals surface area contributed by atoms with Crippen molar-refractivity contribution in [1.82, 2.24) is 10.2 Å². The van der Waals surface area contributed by atoms with E-state index in [2.05, 4.69) is 10.2 Å². The van der Waals surface area contributed by atoms with E-state index in [0.29, 0.717) is 21.7 Å². The van der Waals surface area contributed by atoms with Gasteiger partial charge in [0.1, 0.15) is 16.3 Å². The molecule has 0 radical (unpaired) electrons. The van der Waals surface area contributed by atoms with Gasteiger partial charge in [-0.25, -0.2) is 0 Å². The number of carbonyl (C=O) groups excluding carboxylic acids is 2. The fourth-order valence-corrected chi connectivity index (χ4v) is 3.30. The van der Waals surface area contributed by atoms with Gasteiger partial charge >= 0.3 is 0 Å². The minimum absolute atomic E-state index is 0.420. The van der Waals surface area contributed by atoms with E-state index in [1.54, 1.807) is 30.3 Å². The monoisotopic (exact) mass is 323 g/mol. The first-order chi connectivity index (χ1) is 11.1. The van der Waals surface area contributed by atoms with Crippen molar-refractivity contribution in [3.63, 3.8) is 0 Å². The molecule has 3 aromatic rings. The fraction of sp³-hybridized carbons (Fsp3) is 0.0588. The smallest absolute Gasteiger partial charge is 0.249 e. The molecule has 0 fully saturated rings. The molecule has 0 saturated carbocycles. The van der Waals surface area contributed by atoms with Gasteiger partial charge in [0.15, 0.2) is 0 Å². The van der Waals surface area contributed by atoms with Gasteiger partial charge in [0.05, 0.1) is 0 Å². The molecule has 0 bridgehead atoms. The number of carbonyl (C=O) groups is 2. The van der Waals surface area contributed by atoms with Crippen molar-refractivity contribution in [3.05, 3.63) is 59.2 Å². The average Bonchev–Trinajstić information content (AvgIpc) is 3.04. The Hall–Kier alpha value is -2.86. The zero-order valence-electron chi connectivity index (χ0n) is 12.3. The maximum Gasteiger partial charge on any atom is 0.249 e. The molecule has 3 rings (SSSR count). The minimum Gasteiger partial charge on any atom is -0.366 e. The summed E-state index contributed by atoms with van der Waals surface area (Å²) in [5.74, 6) is -0.496. The molecule has 2 aromatic carbocycles. The third-order valence-electron chi connectivity index (χ3n) is 3.46. The largest absolute Gasteiger partial charge is 0.366 e. The van der Waals surface area contributed by atoms with Crippen LogP contribution in [0.5, 0.6) is 0 Å². The molecule has 0 saturated heterocycles. The molecular formula is C17H13N3O2S. The standard InChI is InChI=1S/C17H13N3O2S/c1-10-8-11(9-21)6-7-12(10)16-19-20-17(23-16)14-5-3-2-4-13(14)15(18)22/h2-9H,1H3,(H2,18,22). The zero-order valence-corrected chi connectivity index (χ0v) is 13.1. The Morgan fingerprint density at radius 3 is 2.43 bits per heavy atom. The molecule has 0 unspecified atom stereocenters. The number of hydrogen-bond donors (Lipinski definition) is 1. The number of nitrogens with zero attached hydrogens (tertiary/aromatic N) is 2. The van der Waals surface area contributed by atoms with E-state index in [1.165, 1.54) is 11.3 Å². The van der Waals surface area contributed by atoms with E-state index in [-0.39, 0.29) is 0 Å². The first-order valence-electron chi connectivity index (χ1n) is 6.89. The Morgan fingerprint density at radius 2 is 1.78 bits per heavy atom. The summed E-state index contributed by atoms with van der Waals surface area (Å²) in [6.45, 7) is 1.92. The van der Waals surface area contributed by atoms with Gasteiger partial charge in [0, 0.05) is 22.3 Å². The Morgan fingerprint density at radius 1 is 1.09 bits per heavy atom. The molecule has 0 atom stereocenters. The van der Waals surface area contributed by atoms with Crippen molar-refractivity contribution in [1.29, 1.82) is 0 Å². The van der Waals surface area contributed by atoms with E-state index >= 15 is 0 Å². The summed E-state index contributed by atoms with van der Waals surface area (Å²) in [7, 11) is 0. The van der Waals surface area contributed by atoms with Crippen molar-refractivity contribution in [3.8, 4) is 21.1 Å². The van der Waals surface area contributed by atoms with Crippen LogP contribution in [0.1, 0.15) is 26.3 Å². The Kier molecular flexibility index (Phi) is 3.99. The Bertz CT molecular complexity index is 902. The third-order valence-corrected chi connectivity index (χ3v) is 4.45. The number of rotatable bonds is 4. The topological polar surface area (TPSA) is 85.9 Å². The predicted octanol–water partition coefficient (Wildman–Crippen LogP) is 3.09. The molecule has 0 spiro atoms. The maximum absolute atomic E-state index is 11.5. The molecule has 114 valence electrons. The number of hydrogen-bond acceptors (Lipinski definition) is 5. The van der Waals surface area contributed by atoms with E-state index in [9.17, 15) is 9.59 Å². The first kappa shape index (κ1) is 15.1. The van der Waals surface area contributed by atoms with E-state index in [1.807, 2.05) is 19.1 Å². The highest BCUT2D eigenvalue weighted by atomic mass is 32.1. The second kappa shape index (κ2) is 6.10. The van der Waals surface area contributed by atoms with Crippen LogP contribution in [0.2, 0.25) is 0 Å². The van der Waals surface area contributed by atoms with E-state index < -0.39 is 5.91 Å². The van der Waals surface area contributed by atoms with Gasteiger partial charge in [-0.15, -0.1) is 10.2 Å². The van der Waals surface area contributed by atoms with Gasteiger partial charge in [0.25, 0.3) is 0 Å². The summed E-state index contributed by atoms with van der Waals surface area (Å²) >= 11 is 1.38. The lowest BCUT2D eigenvalue weighted by Crippen LogP contribution is -2.12. The number of amides is 1. The van der Waals surface area contributed by atoms with Crippen molar-refractivity contribution < 1.29 is 9.59 Å². The molecule has 0 aliphatic heterocycles. The highest BCUT2D eigenvalue weighted by molar-refractivity contribution is 7.18.